The van der Waals surface area contributed by atoms with Crippen molar-refractivity contribution in [2.24, 2.45) is 5.73 Å². The standard InChI is InChI=1S/C10H15N3OS2/c1-6-7(16-5-4-15-6)8-12-9(14-13-8)10(11)2-3-10/h6-7H,2-5,11H2,1H3. The summed E-state index contributed by atoms with van der Waals surface area (Å²) in [7, 11) is 0. The van der Waals surface area contributed by atoms with Gasteiger partial charge in [-0.15, -0.1) is 11.8 Å². The highest BCUT2D eigenvalue weighted by Crippen LogP contribution is 2.44. The van der Waals surface area contributed by atoms with Crippen LogP contribution in [0.3, 0.4) is 0 Å². The van der Waals surface area contributed by atoms with Crippen LogP contribution in [0.25, 0.3) is 0 Å². The van der Waals surface area contributed by atoms with Crippen molar-refractivity contribution in [1.82, 2.24) is 10.1 Å². The Morgan fingerprint density at radius 1 is 1.38 bits per heavy atom. The molecule has 0 radical (unpaired) electrons. The molecular formula is C10H15N3OS2. The Labute approximate surface area is 103 Å². The van der Waals surface area contributed by atoms with Crippen molar-refractivity contribution < 1.29 is 4.52 Å². The van der Waals surface area contributed by atoms with Crippen molar-refractivity contribution >= 4 is 23.5 Å². The predicted octanol–water partition coefficient (Wildman–Crippen LogP) is 1.93. The Bertz CT molecular complexity index is 391. The lowest BCUT2D eigenvalue weighted by Gasteiger charge is -2.24. The molecule has 1 aromatic rings. The first-order chi connectivity index (χ1) is 7.69. The first-order valence-corrected chi connectivity index (χ1v) is 7.65. The van der Waals surface area contributed by atoms with Gasteiger partial charge in [-0.2, -0.15) is 16.7 Å². The van der Waals surface area contributed by atoms with E-state index in [1.165, 1.54) is 5.75 Å². The zero-order valence-corrected chi connectivity index (χ0v) is 10.8. The van der Waals surface area contributed by atoms with Gasteiger partial charge in [-0.3, -0.25) is 0 Å². The SMILES string of the molecule is CC1SCCSC1c1noc(C2(N)CC2)n1. The molecule has 2 fully saturated rings. The van der Waals surface area contributed by atoms with Gasteiger partial charge in [0, 0.05) is 16.8 Å². The maximum Gasteiger partial charge on any atom is 0.246 e. The second-order valence-corrected chi connectivity index (χ2v) is 7.22. The molecule has 0 amide bonds. The van der Waals surface area contributed by atoms with Crippen LogP contribution in [0.5, 0.6) is 0 Å². The van der Waals surface area contributed by atoms with Crippen LogP contribution in [0.4, 0.5) is 0 Å². The van der Waals surface area contributed by atoms with Crippen LogP contribution < -0.4 is 5.73 Å². The van der Waals surface area contributed by atoms with Gasteiger partial charge in [0.15, 0.2) is 5.82 Å². The van der Waals surface area contributed by atoms with E-state index in [0.29, 0.717) is 16.4 Å². The maximum atomic E-state index is 6.04. The molecule has 6 heteroatoms. The normalized spacial score (nSPS) is 32.6. The number of nitrogens with zero attached hydrogens (tertiary/aromatic N) is 2. The van der Waals surface area contributed by atoms with E-state index in [2.05, 4.69) is 17.1 Å². The average Bonchev–Trinajstić information content (AvgIpc) is 2.84. The lowest BCUT2D eigenvalue weighted by molar-refractivity contribution is 0.344. The van der Waals surface area contributed by atoms with Crippen LogP contribution in [0.1, 0.15) is 36.7 Å². The molecule has 2 heterocycles. The van der Waals surface area contributed by atoms with Crippen LogP contribution >= 0.6 is 23.5 Å². The second-order valence-electron chi connectivity index (χ2n) is 4.48. The molecule has 2 unspecified atom stereocenters. The van der Waals surface area contributed by atoms with Crippen LogP contribution in [-0.4, -0.2) is 26.9 Å². The maximum absolute atomic E-state index is 6.04. The number of aromatic nitrogens is 2. The Morgan fingerprint density at radius 2 is 2.12 bits per heavy atom. The predicted molar refractivity (Wildman–Crippen MR) is 66.5 cm³/mol. The minimum Gasteiger partial charge on any atom is -0.337 e. The first kappa shape index (κ1) is 10.9. The highest BCUT2D eigenvalue weighted by molar-refractivity contribution is 8.06. The molecule has 1 saturated carbocycles. The van der Waals surface area contributed by atoms with E-state index in [0.717, 1.165) is 24.4 Å². The van der Waals surface area contributed by atoms with Gasteiger partial charge in [0.1, 0.15) is 0 Å². The smallest absolute Gasteiger partial charge is 0.246 e. The largest absolute Gasteiger partial charge is 0.337 e. The molecule has 0 aromatic carbocycles. The summed E-state index contributed by atoms with van der Waals surface area (Å²) >= 11 is 3.90. The van der Waals surface area contributed by atoms with Crippen LogP contribution in [-0.2, 0) is 5.54 Å². The average molecular weight is 257 g/mol. The van der Waals surface area contributed by atoms with Crippen LogP contribution in [0.2, 0.25) is 0 Å². The third-order valence-corrected chi connectivity index (χ3v) is 6.19. The zero-order valence-electron chi connectivity index (χ0n) is 9.18. The number of nitrogens with two attached hydrogens (primary N) is 1. The lowest BCUT2D eigenvalue weighted by Crippen LogP contribution is -2.20. The van der Waals surface area contributed by atoms with Crippen molar-refractivity contribution in [1.29, 1.82) is 0 Å². The first-order valence-electron chi connectivity index (χ1n) is 5.55. The van der Waals surface area contributed by atoms with E-state index >= 15 is 0 Å². The van der Waals surface area contributed by atoms with Gasteiger partial charge >= 0.3 is 0 Å². The van der Waals surface area contributed by atoms with E-state index in [9.17, 15) is 0 Å². The summed E-state index contributed by atoms with van der Waals surface area (Å²) in [6.07, 6.45) is 1.94. The van der Waals surface area contributed by atoms with Crippen molar-refractivity contribution in [2.75, 3.05) is 11.5 Å². The summed E-state index contributed by atoms with van der Waals surface area (Å²) in [6.45, 7) is 2.23. The second kappa shape index (κ2) is 3.92. The highest BCUT2D eigenvalue weighted by Gasteiger charge is 2.46. The molecule has 2 N–H and O–H groups in total. The summed E-state index contributed by atoms with van der Waals surface area (Å²) in [5.74, 6) is 3.84. The molecule has 16 heavy (non-hydrogen) atoms. The molecule has 1 aliphatic heterocycles. The number of hydrogen-bond donors (Lipinski definition) is 1. The van der Waals surface area contributed by atoms with E-state index < -0.39 is 0 Å². The highest BCUT2D eigenvalue weighted by atomic mass is 32.2. The van der Waals surface area contributed by atoms with Crippen molar-refractivity contribution in [3.8, 4) is 0 Å². The molecule has 1 aromatic heterocycles. The van der Waals surface area contributed by atoms with E-state index in [-0.39, 0.29) is 5.54 Å². The van der Waals surface area contributed by atoms with Gasteiger partial charge in [0.05, 0.1) is 10.8 Å². The molecular weight excluding hydrogens is 242 g/mol. The Morgan fingerprint density at radius 3 is 2.81 bits per heavy atom. The monoisotopic (exact) mass is 257 g/mol. The molecule has 1 aliphatic carbocycles. The molecule has 0 bridgehead atoms. The van der Waals surface area contributed by atoms with Gasteiger partial charge in [-0.25, -0.2) is 0 Å². The Hall–Kier alpha value is -0.200. The van der Waals surface area contributed by atoms with E-state index in [4.69, 9.17) is 10.3 Å². The summed E-state index contributed by atoms with van der Waals surface area (Å²) in [4.78, 5) is 4.48. The minimum atomic E-state index is -0.305. The zero-order chi connectivity index (χ0) is 11.2. The summed E-state index contributed by atoms with van der Waals surface area (Å²) in [5.41, 5.74) is 5.73. The molecule has 2 aliphatic rings. The summed E-state index contributed by atoms with van der Waals surface area (Å²) in [5, 5.41) is 5.01. The van der Waals surface area contributed by atoms with Crippen LogP contribution in [0, 0.1) is 0 Å². The van der Waals surface area contributed by atoms with Gasteiger partial charge in [-0.05, 0) is 12.8 Å². The van der Waals surface area contributed by atoms with Gasteiger partial charge in [0.25, 0.3) is 0 Å². The number of rotatable bonds is 2. The number of hydrogen-bond acceptors (Lipinski definition) is 6. The molecule has 3 rings (SSSR count). The van der Waals surface area contributed by atoms with Gasteiger partial charge in [0.2, 0.25) is 5.89 Å². The van der Waals surface area contributed by atoms with Crippen molar-refractivity contribution in [2.45, 2.75) is 35.8 Å². The molecule has 1 saturated heterocycles. The number of thioether (sulfide) groups is 2. The topological polar surface area (TPSA) is 64.9 Å². The van der Waals surface area contributed by atoms with Crippen molar-refractivity contribution in [3.63, 3.8) is 0 Å². The third-order valence-electron chi connectivity index (χ3n) is 3.10. The third kappa shape index (κ3) is 1.87. The fourth-order valence-corrected chi connectivity index (χ4v) is 4.50. The van der Waals surface area contributed by atoms with Gasteiger partial charge < -0.3 is 10.3 Å². The lowest BCUT2D eigenvalue weighted by atomic mass is 10.3. The minimum absolute atomic E-state index is 0.305. The molecule has 2 atom stereocenters. The Balaban J connectivity index is 1.80. The van der Waals surface area contributed by atoms with Crippen molar-refractivity contribution in [3.05, 3.63) is 11.7 Å². The van der Waals surface area contributed by atoms with E-state index in [1.807, 2.05) is 23.5 Å². The summed E-state index contributed by atoms with van der Waals surface area (Å²) < 4.78 is 5.28. The van der Waals surface area contributed by atoms with E-state index in [1.54, 1.807) is 0 Å². The molecule has 4 nitrogen and oxygen atoms in total. The molecule has 0 spiro atoms. The fourth-order valence-electron chi connectivity index (χ4n) is 1.82. The molecule has 88 valence electrons. The van der Waals surface area contributed by atoms with Gasteiger partial charge in [-0.1, -0.05) is 12.1 Å². The Kier molecular flexibility index (Phi) is 2.68. The van der Waals surface area contributed by atoms with Crippen LogP contribution in [0.15, 0.2) is 4.52 Å². The fraction of sp³-hybridized carbons (Fsp3) is 0.800. The quantitative estimate of drug-likeness (QED) is 0.873. The summed E-state index contributed by atoms with van der Waals surface area (Å²) in [6, 6.07) is 0.